The second-order valence-corrected chi connectivity index (χ2v) is 5.77. The number of rotatable bonds is 5. The molecular weight excluding hydrogens is 298 g/mol. The lowest BCUT2D eigenvalue weighted by atomic mass is 10.1. The van der Waals surface area contributed by atoms with Gasteiger partial charge in [-0.2, -0.15) is 0 Å². The third-order valence-electron chi connectivity index (χ3n) is 3.84. The molecule has 2 aromatic carbocycles. The van der Waals surface area contributed by atoms with Crippen molar-refractivity contribution in [3.8, 4) is 5.75 Å². The fraction of sp³-hybridized carbons (Fsp3) is 0.278. The maximum Gasteiger partial charge on any atom is 0.227 e. The van der Waals surface area contributed by atoms with Crippen LogP contribution in [0.25, 0.3) is 0 Å². The predicted octanol–water partition coefficient (Wildman–Crippen LogP) is 3.86. The van der Waals surface area contributed by atoms with Crippen molar-refractivity contribution in [1.29, 1.82) is 0 Å². The molecule has 0 saturated carbocycles. The number of nitrogens with zero attached hydrogens (tertiary/aromatic N) is 1. The highest BCUT2D eigenvalue weighted by Gasteiger charge is 2.31. The summed E-state index contributed by atoms with van der Waals surface area (Å²) in [6.45, 7) is 1.13. The fourth-order valence-electron chi connectivity index (χ4n) is 2.69. The van der Waals surface area contributed by atoms with E-state index in [1.807, 2.05) is 59.5 Å². The first kappa shape index (κ1) is 14.9. The molecule has 0 aliphatic carbocycles. The third-order valence-corrected chi connectivity index (χ3v) is 4.28. The van der Waals surface area contributed by atoms with Crippen LogP contribution < -0.4 is 9.64 Å². The van der Waals surface area contributed by atoms with Gasteiger partial charge >= 0.3 is 0 Å². The van der Waals surface area contributed by atoms with E-state index in [1.54, 1.807) is 0 Å². The zero-order valence-electron chi connectivity index (χ0n) is 12.2. The van der Waals surface area contributed by atoms with E-state index >= 15 is 0 Å². The molecule has 1 aliphatic heterocycles. The van der Waals surface area contributed by atoms with E-state index in [-0.39, 0.29) is 11.8 Å². The summed E-state index contributed by atoms with van der Waals surface area (Å²) in [5.41, 5.74) is 1.94. The van der Waals surface area contributed by atoms with Crippen molar-refractivity contribution >= 4 is 23.2 Å². The normalized spacial score (nSPS) is 17.8. The van der Waals surface area contributed by atoms with Gasteiger partial charge in [-0.15, -0.1) is 11.6 Å². The maximum absolute atomic E-state index is 12.2. The topological polar surface area (TPSA) is 29.5 Å². The summed E-state index contributed by atoms with van der Waals surface area (Å²) in [6, 6.07) is 17.6. The molecule has 3 nitrogen and oxygen atoms in total. The average molecular weight is 316 g/mol. The number of carbonyl (C=O) groups is 1. The van der Waals surface area contributed by atoms with Gasteiger partial charge in [0, 0.05) is 24.4 Å². The lowest BCUT2D eigenvalue weighted by Gasteiger charge is -2.20. The van der Waals surface area contributed by atoms with Gasteiger partial charge in [-0.1, -0.05) is 36.4 Å². The highest BCUT2D eigenvalue weighted by molar-refractivity contribution is 6.18. The summed E-state index contributed by atoms with van der Waals surface area (Å²) in [5, 5.41) is 0. The molecule has 114 valence electrons. The molecule has 0 bridgehead atoms. The second kappa shape index (κ2) is 6.84. The van der Waals surface area contributed by atoms with Gasteiger partial charge in [0.05, 0.1) is 5.69 Å². The molecule has 1 unspecified atom stereocenters. The molecule has 4 heteroatoms. The van der Waals surface area contributed by atoms with Crippen molar-refractivity contribution in [2.75, 3.05) is 17.3 Å². The van der Waals surface area contributed by atoms with Gasteiger partial charge < -0.3 is 9.64 Å². The Kier molecular flexibility index (Phi) is 4.64. The molecule has 0 aromatic heterocycles. The number of hydrogen-bond donors (Lipinski definition) is 0. The molecule has 1 fully saturated rings. The number of anilines is 1. The Hall–Kier alpha value is -2.00. The summed E-state index contributed by atoms with van der Waals surface area (Å²) in [7, 11) is 0. The number of ether oxygens (including phenoxy) is 1. The van der Waals surface area contributed by atoms with Crippen LogP contribution in [0.15, 0.2) is 54.6 Å². The van der Waals surface area contributed by atoms with Crippen LogP contribution in [-0.2, 0) is 11.4 Å². The Labute approximate surface area is 135 Å². The summed E-state index contributed by atoms with van der Waals surface area (Å²) >= 11 is 5.90. The Bertz CT molecular complexity index is 645. The van der Waals surface area contributed by atoms with Crippen molar-refractivity contribution in [3.05, 3.63) is 60.2 Å². The second-order valence-electron chi connectivity index (χ2n) is 5.46. The van der Waals surface area contributed by atoms with Crippen molar-refractivity contribution in [3.63, 3.8) is 0 Å². The van der Waals surface area contributed by atoms with Gasteiger partial charge in [-0.05, 0) is 24.1 Å². The Balaban J connectivity index is 1.77. The number of amides is 1. The lowest BCUT2D eigenvalue weighted by Crippen LogP contribution is -2.26. The molecular formula is C18H18ClNO2. The van der Waals surface area contributed by atoms with Gasteiger partial charge in [0.15, 0.2) is 0 Å². The zero-order valence-corrected chi connectivity index (χ0v) is 13.0. The Morgan fingerprint density at radius 2 is 1.82 bits per heavy atom. The van der Waals surface area contributed by atoms with Crippen LogP contribution in [0.4, 0.5) is 5.69 Å². The van der Waals surface area contributed by atoms with Crippen molar-refractivity contribution in [1.82, 2.24) is 0 Å². The number of alkyl halides is 1. The largest absolute Gasteiger partial charge is 0.489 e. The molecule has 1 heterocycles. The van der Waals surface area contributed by atoms with Gasteiger partial charge in [0.25, 0.3) is 0 Å². The Morgan fingerprint density at radius 1 is 1.09 bits per heavy atom. The number of carbonyl (C=O) groups excluding carboxylic acids is 1. The minimum Gasteiger partial charge on any atom is -0.489 e. The predicted molar refractivity (Wildman–Crippen MR) is 88.4 cm³/mol. The van der Waals surface area contributed by atoms with Crippen LogP contribution in [0.1, 0.15) is 12.0 Å². The van der Waals surface area contributed by atoms with E-state index in [2.05, 4.69) is 0 Å². The lowest BCUT2D eigenvalue weighted by molar-refractivity contribution is -0.117. The summed E-state index contributed by atoms with van der Waals surface area (Å²) in [6.07, 6.45) is 0.525. The van der Waals surface area contributed by atoms with Crippen LogP contribution in [0.2, 0.25) is 0 Å². The van der Waals surface area contributed by atoms with Gasteiger partial charge in [0.1, 0.15) is 12.4 Å². The van der Waals surface area contributed by atoms with Crippen molar-refractivity contribution in [2.45, 2.75) is 13.0 Å². The van der Waals surface area contributed by atoms with Crippen LogP contribution in [0, 0.1) is 5.92 Å². The standard InChI is InChI=1S/C18H18ClNO2/c19-11-14-10-18(21)20(12-14)17-9-5-4-6-15(17)13-22-16-7-2-1-3-8-16/h1-9,14H,10-13H2. The summed E-state index contributed by atoms with van der Waals surface area (Å²) < 4.78 is 5.82. The molecule has 1 saturated heterocycles. The number of halogens is 1. The molecule has 0 N–H and O–H groups in total. The molecule has 2 aromatic rings. The van der Waals surface area contributed by atoms with Crippen molar-refractivity contribution in [2.24, 2.45) is 5.92 Å². The fourth-order valence-corrected chi connectivity index (χ4v) is 2.90. The van der Waals surface area contributed by atoms with E-state index in [0.717, 1.165) is 17.0 Å². The molecule has 22 heavy (non-hydrogen) atoms. The van der Waals surface area contributed by atoms with E-state index in [9.17, 15) is 4.79 Å². The minimum atomic E-state index is 0.137. The summed E-state index contributed by atoms with van der Waals surface area (Å²) in [4.78, 5) is 14.0. The highest BCUT2D eigenvalue weighted by Crippen LogP contribution is 2.29. The SMILES string of the molecule is O=C1CC(CCl)CN1c1ccccc1COc1ccccc1. The van der Waals surface area contributed by atoms with E-state index in [0.29, 0.717) is 25.5 Å². The number of hydrogen-bond acceptors (Lipinski definition) is 2. The molecule has 3 rings (SSSR count). The van der Waals surface area contributed by atoms with Crippen LogP contribution in [-0.4, -0.2) is 18.3 Å². The molecule has 1 aliphatic rings. The maximum atomic E-state index is 12.2. The monoisotopic (exact) mass is 315 g/mol. The van der Waals surface area contributed by atoms with Crippen LogP contribution in [0.3, 0.4) is 0 Å². The Morgan fingerprint density at radius 3 is 2.55 bits per heavy atom. The van der Waals surface area contributed by atoms with Gasteiger partial charge in [-0.25, -0.2) is 0 Å². The van der Waals surface area contributed by atoms with Gasteiger partial charge in [0.2, 0.25) is 5.91 Å². The number of para-hydroxylation sites is 2. The first-order valence-electron chi connectivity index (χ1n) is 7.40. The first-order chi connectivity index (χ1) is 10.8. The number of benzene rings is 2. The quantitative estimate of drug-likeness (QED) is 0.784. The minimum absolute atomic E-state index is 0.137. The highest BCUT2D eigenvalue weighted by atomic mass is 35.5. The van der Waals surface area contributed by atoms with Crippen molar-refractivity contribution < 1.29 is 9.53 Å². The molecule has 1 amide bonds. The van der Waals surface area contributed by atoms with Gasteiger partial charge in [-0.3, -0.25) is 4.79 Å². The van der Waals surface area contributed by atoms with E-state index < -0.39 is 0 Å². The smallest absolute Gasteiger partial charge is 0.227 e. The third kappa shape index (κ3) is 3.25. The molecule has 1 atom stereocenters. The summed E-state index contributed by atoms with van der Waals surface area (Å²) in [5.74, 6) is 1.71. The van der Waals surface area contributed by atoms with E-state index in [4.69, 9.17) is 16.3 Å². The van der Waals surface area contributed by atoms with Crippen LogP contribution >= 0.6 is 11.6 Å². The molecule has 0 spiro atoms. The van der Waals surface area contributed by atoms with E-state index in [1.165, 1.54) is 0 Å². The first-order valence-corrected chi connectivity index (χ1v) is 7.93. The molecule has 0 radical (unpaired) electrons. The van der Waals surface area contributed by atoms with Crippen LogP contribution in [0.5, 0.6) is 5.75 Å². The zero-order chi connectivity index (χ0) is 15.4. The average Bonchev–Trinajstić information content (AvgIpc) is 2.95.